The summed E-state index contributed by atoms with van der Waals surface area (Å²) >= 11 is 1.53. The molecule has 0 amide bonds. The fourth-order valence-corrected chi connectivity index (χ4v) is 2.79. The van der Waals surface area contributed by atoms with E-state index in [4.69, 9.17) is 9.15 Å². The van der Waals surface area contributed by atoms with Gasteiger partial charge in [-0.15, -0.1) is 11.3 Å². The molecule has 0 N–H and O–H groups in total. The first kappa shape index (κ1) is 12.0. The summed E-state index contributed by atoms with van der Waals surface area (Å²) in [6, 6.07) is 10.3. The van der Waals surface area contributed by atoms with Crippen LogP contribution in [0.25, 0.3) is 21.2 Å². The second-order valence-corrected chi connectivity index (χ2v) is 5.27. The van der Waals surface area contributed by atoms with Crippen LogP contribution in [0.3, 0.4) is 0 Å². The molecule has 0 aliphatic carbocycles. The monoisotopic (exact) mass is 296 g/mol. The minimum Gasteiger partial charge on any atom is -0.438 e. The zero-order valence-corrected chi connectivity index (χ0v) is 11.5. The molecule has 0 saturated heterocycles. The maximum Gasteiger partial charge on any atom is 0.336 e. The van der Waals surface area contributed by atoms with Gasteiger partial charge >= 0.3 is 5.63 Å². The summed E-state index contributed by atoms with van der Waals surface area (Å²) in [5.41, 5.74) is 0.0949. The van der Waals surface area contributed by atoms with Crippen LogP contribution >= 0.6 is 11.3 Å². The van der Waals surface area contributed by atoms with Crippen molar-refractivity contribution in [2.24, 2.45) is 0 Å². The molecule has 3 heterocycles. The van der Waals surface area contributed by atoms with Gasteiger partial charge in [0.05, 0.1) is 5.39 Å². The smallest absolute Gasteiger partial charge is 0.336 e. The molecular weight excluding hydrogens is 288 g/mol. The van der Waals surface area contributed by atoms with Crippen LogP contribution in [0.5, 0.6) is 11.6 Å². The van der Waals surface area contributed by atoms with Crippen LogP contribution in [0.2, 0.25) is 0 Å². The van der Waals surface area contributed by atoms with Gasteiger partial charge in [0.1, 0.15) is 22.5 Å². The zero-order chi connectivity index (χ0) is 14.2. The van der Waals surface area contributed by atoms with Crippen LogP contribution in [0.15, 0.2) is 57.3 Å². The van der Waals surface area contributed by atoms with Gasteiger partial charge in [0.15, 0.2) is 0 Å². The number of hydrogen-bond acceptors (Lipinski definition) is 6. The van der Waals surface area contributed by atoms with Crippen molar-refractivity contribution >= 4 is 32.5 Å². The molecule has 0 unspecified atom stereocenters. The van der Waals surface area contributed by atoms with Crippen LogP contribution in [-0.4, -0.2) is 9.97 Å². The SMILES string of the molecule is O=c1ccc2ccc(Oc3ncnc4sccc34)cc2o1. The highest BCUT2D eigenvalue weighted by molar-refractivity contribution is 7.16. The lowest BCUT2D eigenvalue weighted by atomic mass is 10.2. The number of benzene rings is 1. The normalized spacial score (nSPS) is 11.0. The number of nitrogens with zero attached hydrogens (tertiary/aromatic N) is 2. The Morgan fingerprint density at radius 3 is 2.95 bits per heavy atom. The van der Waals surface area contributed by atoms with Crippen molar-refractivity contribution in [1.82, 2.24) is 9.97 Å². The maximum absolute atomic E-state index is 11.3. The number of thiophene rings is 1. The van der Waals surface area contributed by atoms with Crippen LogP contribution in [0.1, 0.15) is 0 Å². The molecule has 102 valence electrons. The van der Waals surface area contributed by atoms with E-state index in [1.54, 1.807) is 12.1 Å². The summed E-state index contributed by atoms with van der Waals surface area (Å²) in [7, 11) is 0. The third-order valence-electron chi connectivity index (χ3n) is 3.03. The lowest BCUT2D eigenvalue weighted by Crippen LogP contribution is -1.95. The number of rotatable bonds is 2. The van der Waals surface area contributed by atoms with E-state index in [0.717, 1.165) is 15.6 Å². The first-order valence-corrected chi connectivity index (χ1v) is 7.07. The number of ether oxygens (including phenoxy) is 1. The second kappa shape index (κ2) is 4.68. The first-order chi connectivity index (χ1) is 10.3. The molecule has 0 atom stereocenters. The van der Waals surface area contributed by atoms with Gasteiger partial charge < -0.3 is 9.15 Å². The molecule has 4 aromatic rings. The van der Waals surface area contributed by atoms with Crippen molar-refractivity contribution in [3.63, 3.8) is 0 Å². The summed E-state index contributed by atoms with van der Waals surface area (Å²) in [6.45, 7) is 0. The number of hydrogen-bond donors (Lipinski definition) is 0. The summed E-state index contributed by atoms with van der Waals surface area (Å²) in [4.78, 5) is 20.5. The van der Waals surface area contributed by atoms with E-state index in [1.165, 1.54) is 23.7 Å². The molecule has 4 rings (SSSR count). The first-order valence-electron chi connectivity index (χ1n) is 6.19. The number of fused-ring (bicyclic) bond motifs is 2. The van der Waals surface area contributed by atoms with E-state index >= 15 is 0 Å². The number of aromatic nitrogens is 2. The fraction of sp³-hybridized carbons (Fsp3) is 0. The lowest BCUT2D eigenvalue weighted by molar-refractivity contribution is 0.466. The Labute approximate surface area is 122 Å². The van der Waals surface area contributed by atoms with Crippen molar-refractivity contribution < 1.29 is 9.15 Å². The molecule has 0 radical (unpaired) electrons. The average molecular weight is 296 g/mol. The largest absolute Gasteiger partial charge is 0.438 e. The topological polar surface area (TPSA) is 65.2 Å². The molecule has 0 aliphatic heterocycles. The van der Waals surface area contributed by atoms with Gasteiger partial charge in [0.2, 0.25) is 5.88 Å². The van der Waals surface area contributed by atoms with E-state index in [2.05, 4.69) is 9.97 Å². The summed E-state index contributed by atoms with van der Waals surface area (Å²) in [5.74, 6) is 1.04. The highest BCUT2D eigenvalue weighted by atomic mass is 32.1. The van der Waals surface area contributed by atoms with E-state index in [9.17, 15) is 4.79 Å². The quantitative estimate of drug-likeness (QED) is 0.529. The molecule has 0 bridgehead atoms. The van der Waals surface area contributed by atoms with Gasteiger partial charge in [-0.05, 0) is 29.6 Å². The minimum atomic E-state index is -0.387. The Morgan fingerprint density at radius 1 is 1.10 bits per heavy atom. The van der Waals surface area contributed by atoms with E-state index in [-0.39, 0.29) is 5.63 Å². The van der Waals surface area contributed by atoms with E-state index in [0.29, 0.717) is 17.2 Å². The molecule has 0 aliphatic rings. The molecular formula is C15H8N2O3S. The predicted octanol–water partition coefficient (Wildman–Crippen LogP) is 3.59. The molecule has 0 saturated carbocycles. The Kier molecular flexibility index (Phi) is 2.68. The van der Waals surface area contributed by atoms with Crippen LogP contribution in [0, 0.1) is 0 Å². The Bertz CT molecular complexity index is 1010. The lowest BCUT2D eigenvalue weighted by Gasteiger charge is -2.06. The molecule has 3 aromatic heterocycles. The van der Waals surface area contributed by atoms with Crippen molar-refractivity contribution in [2.45, 2.75) is 0 Å². The molecule has 6 heteroatoms. The Hall–Kier alpha value is -2.73. The molecule has 1 aromatic carbocycles. The molecule has 21 heavy (non-hydrogen) atoms. The summed E-state index contributed by atoms with van der Waals surface area (Å²) in [6.07, 6.45) is 1.47. The second-order valence-electron chi connectivity index (χ2n) is 4.37. The van der Waals surface area contributed by atoms with Gasteiger partial charge in [0.25, 0.3) is 0 Å². The van der Waals surface area contributed by atoms with Crippen LogP contribution in [0.4, 0.5) is 0 Å². The van der Waals surface area contributed by atoms with Crippen molar-refractivity contribution in [1.29, 1.82) is 0 Å². The van der Waals surface area contributed by atoms with Gasteiger partial charge in [-0.2, -0.15) is 0 Å². The van der Waals surface area contributed by atoms with Crippen molar-refractivity contribution in [3.8, 4) is 11.6 Å². The maximum atomic E-state index is 11.3. The van der Waals surface area contributed by atoms with Gasteiger partial charge in [0, 0.05) is 17.5 Å². The van der Waals surface area contributed by atoms with Crippen LogP contribution in [-0.2, 0) is 0 Å². The van der Waals surface area contributed by atoms with Crippen molar-refractivity contribution in [3.05, 3.63) is 58.5 Å². The van der Waals surface area contributed by atoms with Gasteiger partial charge in [-0.3, -0.25) is 0 Å². The third-order valence-corrected chi connectivity index (χ3v) is 3.86. The average Bonchev–Trinajstić information content (AvgIpc) is 2.96. The minimum absolute atomic E-state index is 0.387. The van der Waals surface area contributed by atoms with Gasteiger partial charge in [-0.25, -0.2) is 14.8 Å². The van der Waals surface area contributed by atoms with Crippen molar-refractivity contribution in [2.75, 3.05) is 0 Å². The molecule has 0 spiro atoms. The standard InChI is InChI=1S/C15H8N2O3S/c18-13-4-2-9-1-3-10(7-12(9)20-13)19-14-11-5-6-21-15(11)17-8-16-14/h1-8H. The summed E-state index contributed by atoms with van der Waals surface area (Å²) < 4.78 is 10.9. The Balaban J connectivity index is 1.80. The van der Waals surface area contributed by atoms with E-state index in [1.807, 2.05) is 23.6 Å². The fourth-order valence-electron chi connectivity index (χ4n) is 2.06. The molecule has 5 nitrogen and oxygen atoms in total. The van der Waals surface area contributed by atoms with Gasteiger partial charge in [-0.1, -0.05) is 0 Å². The Morgan fingerprint density at radius 2 is 2.00 bits per heavy atom. The van der Waals surface area contributed by atoms with E-state index < -0.39 is 0 Å². The zero-order valence-electron chi connectivity index (χ0n) is 10.6. The highest BCUT2D eigenvalue weighted by Crippen LogP contribution is 2.30. The van der Waals surface area contributed by atoms with Crippen LogP contribution < -0.4 is 10.4 Å². The molecule has 0 fully saturated rings. The highest BCUT2D eigenvalue weighted by Gasteiger charge is 2.08. The predicted molar refractivity (Wildman–Crippen MR) is 80.0 cm³/mol. The third kappa shape index (κ3) is 2.15. The summed E-state index contributed by atoms with van der Waals surface area (Å²) in [5, 5.41) is 3.63.